The maximum atomic E-state index is 12.5. The SMILES string of the molecule is CCC(=O)N(Cc1ccccc1)c1cc[n+](CC(=O)c2ccc(C)cc2)cc1. The van der Waals surface area contributed by atoms with Gasteiger partial charge in [0.1, 0.15) is 0 Å². The van der Waals surface area contributed by atoms with E-state index in [0.29, 0.717) is 18.5 Å². The summed E-state index contributed by atoms with van der Waals surface area (Å²) in [4.78, 5) is 26.7. The number of carbonyl (C=O) groups excluding carboxylic acids is 2. The van der Waals surface area contributed by atoms with Crippen molar-refractivity contribution in [2.45, 2.75) is 33.4 Å². The minimum Gasteiger partial charge on any atom is -0.308 e. The van der Waals surface area contributed by atoms with Crippen molar-refractivity contribution in [3.63, 3.8) is 0 Å². The molecule has 3 rings (SSSR count). The molecule has 0 radical (unpaired) electrons. The molecule has 0 aliphatic carbocycles. The van der Waals surface area contributed by atoms with E-state index in [1.165, 1.54) is 0 Å². The lowest BCUT2D eigenvalue weighted by Crippen LogP contribution is -2.38. The first-order valence-electron chi connectivity index (χ1n) is 9.50. The smallest absolute Gasteiger partial charge is 0.227 e. The highest BCUT2D eigenvalue weighted by Crippen LogP contribution is 2.17. The number of hydrogen-bond donors (Lipinski definition) is 0. The van der Waals surface area contributed by atoms with Gasteiger partial charge in [0, 0.05) is 24.1 Å². The third-order valence-corrected chi connectivity index (χ3v) is 4.67. The molecule has 1 heterocycles. The van der Waals surface area contributed by atoms with Crippen LogP contribution in [0.4, 0.5) is 5.69 Å². The van der Waals surface area contributed by atoms with Crippen molar-refractivity contribution in [2.75, 3.05) is 4.90 Å². The number of amides is 1. The number of benzene rings is 2. The minimum absolute atomic E-state index is 0.0588. The van der Waals surface area contributed by atoms with Gasteiger partial charge in [-0.3, -0.25) is 9.59 Å². The second kappa shape index (κ2) is 9.09. The molecule has 0 saturated carbocycles. The minimum atomic E-state index is 0.0588. The summed E-state index contributed by atoms with van der Waals surface area (Å²) in [6, 6.07) is 21.3. The van der Waals surface area contributed by atoms with Gasteiger partial charge in [0.2, 0.25) is 18.2 Å². The fourth-order valence-electron chi connectivity index (χ4n) is 3.01. The van der Waals surface area contributed by atoms with E-state index in [1.807, 2.05) is 97.5 Å². The highest BCUT2D eigenvalue weighted by molar-refractivity contribution is 5.95. The highest BCUT2D eigenvalue weighted by atomic mass is 16.2. The lowest BCUT2D eigenvalue weighted by Gasteiger charge is -2.22. The maximum absolute atomic E-state index is 12.5. The monoisotopic (exact) mass is 373 g/mol. The van der Waals surface area contributed by atoms with Gasteiger partial charge in [0.15, 0.2) is 12.4 Å². The molecule has 28 heavy (non-hydrogen) atoms. The maximum Gasteiger partial charge on any atom is 0.227 e. The van der Waals surface area contributed by atoms with Crippen LogP contribution in [-0.2, 0) is 17.9 Å². The Kier molecular flexibility index (Phi) is 6.33. The van der Waals surface area contributed by atoms with Crippen LogP contribution in [0.15, 0.2) is 79.1 Å². The molecule has 0 N–H and O–H groups in total. The van der Waals surface area contributed by atoms with Gasteiger partial charge in [-0.2, -0.15) is 4.57 Å². The van der Waals surface area contributed by atoms with Gasteiger partial charge in [-0.25, -0.2) is 0 Å². The van der Waals surface area contributed by atoms with Gasteiger partial charge < -0.3 is 4.90 Å². The molecular formula is C24H25N2O2+. The summed E-state index contributed by atoms with van der Waals surface area (Å²) in [6.45, 7) is 4.66. The molecule has 0 fully saturated rings. The summed E-state index contributed by atoms with van der Waals surface area (Å²) in [5.74, 6) is 0.126. The molecule has 3 aromatic rings. The second-order valence-electron chi connectivity index (χ2n) is 6.84. The fourth-order valence-corrected chi connectivity index (χ4v) is 3.01. The van der Waals surface area contributed by atoms with Gasteiger partial charge in [0.25, 0.3) is 0 Å². The Hall–Kier alpha value is -3.27. The van der Waals surface area contributed by atoms with Crippen molar-refractivity contribution in [3.8, 4) is 0 Å². The average Bonchev–Trinajstić information content (AvgIpc) is 2.73. The summed E-state index contributed by atoms with van der Waals surface area (Å²) in [5.41, 5.74) is 3.74. The largest absolute Gasteiger partial charge is 0.308 e. The number of hydrogen-bond acceptors (Lipinski definition) is 2. The van der Waals surface area contributed by atoms with Crippen LogP contribution in [0, 0.1) is 6.92 Å². The number of aromatic nitrogens is 1. The number of pyridine rings is 1. The van der Waals surface area contributed by atoms with E-state index in [1.54, 1.807) is 4.90 Å². The number of ketones is 1. The summed E-state index contributed by atoms with van der Waals surface area (Å²) >= 11 is 0. The molecular weight excluding hydrogens is 348 g/mol. The number of carbonyl (C=O) groups is 2. The fraction of sp³-hybridized carbons (Fsp3) is 0.208. The van der Waals surface area contributed by atoms with E-state index in [2.05, 4.69) is 0 Å². The van der Waals surface area contributed by atoms with Gasteiger partial charge in [-0.15, -0.1) is 0 Å². The number of nitrogens with zero attached hydrogens (tertiary/aromatic N) is 2. The van der Waals surface area contributed by atoms with Gasteiger partial charge in [-0.1, -0.05) is 67.1 Å². The van der Waals surface area contributed by atoms with Crippen molar-refractivity contribution in [1.29, 1.82) is 0 Å². The molecule has 1 aromatic heterocycles. The third-order valence-electron chi connectivity index (χ3n) is 4.67. The average molecular weight is 373 g/mol. The first kappa shape index (κ1) is 19.5. The predicted octanol–water partition coefficient (Wildman–Crippen LogP) is 4.11. The normalized spacial score (nSPS) is 10.5. The zero-order valence-electron chi connectivity index (χ0n) is 16.3. The molecule has 0 spiro atoms. The molecule has 1 amide bonds. The number of rotatable bonds is 7. The Morgan fingerprint density at radius 3 is 2.14 bits per heavy atom. The van der Waals surface area contributed by atoms with Crippen LogP contribution in [0.1, 0.15) is 34.8 Å². The summed E-state index contributed by atoms with van der Waals surface area (Å²) < 4.78 is 1.84. The Balaban J connectivity index is 1.74. The lowest BCUT2D eigenvalue weighted by molar-refractivity contribution is -0.683. The quantitative estimate of drug-likeness (QED) is 0.462. The van der Waals surface area contributed by atoms with Crippen LogP contribution in [-0.4, -0.2) is 11.7 Å². The van der Waals surface area contributed by atoms with Gasteiger partial charge >= 0.3 is 0 Å². The number of Topliss-reactive ketones (excluding diaryl/α,β-unsaturated/α-hetero) is 1. The molecule has 4 heteroatoms. The summed E-state index contributed by atoms with van der Waals surface area (Å²) in [7, 11) is 0. The first-order valence-corrected chi connectivity index (χ1v) is 9.50. The Bertz CT molecular complexity index is 933. The predicted molar refractivity (Wildman–Crippen MR) is 110 cm³/mol. The molecule has 0 atom stereocenters. The van der Waals surface area contributed by atoms with Crippen molar-refractivity contribution in [3.05, 3.63) is 95.8 Å². The van der Waals surface area contributed by atoms with Gasteiger partial charge in [-0.05, 0) is 12.5 Å². The molecule has 0 bridgehead atoms. The Morgan fingerprint density at radius 2 is 1.54 bits per heavy atom. The van der Waals surface area contributed by atoms with Crippen LogP contribution in [0.5, 0.6) is 0 Å². The molecule has 0 aliphatic rings. The number of aryl methyl sites for hydroxylation is 1. The van der Waals surface area contributed by atoms with Crippen LogP contribution in [0.25, 0.3) is 0 Å². The van der Waals surface area contributed by atoms with Crippen LogP contribution in [0.3, 0.4) is 0 Å². The van der Waals surface area contributed by atoms with E-state index in [4.69, 9.17) is 0 Å². The van der Waals surface area contributed by atoms with Crippen LogP contribution >= 0.6 is 0 Å². The molecule has 2 aromatic carbocycles. The Labute approximate surface area is 166 Å². The molecule has 0 saturated heterocycles. The summed E-state index contributed by atoms with van der Waals surface area (Å²) in [6.07, 6.45) is 4.14. The van der Waals surface area contributed by atoms with E-state index < -0.39 is 0 Å². The van der Waals surface area contributed by atoms with E-state index in [0.717, 1.165) is 16.8 Å². The molecule has 142 valence electrons. The first-order chi connectivity index (χ1) is 13.6. The highest BCUT2D eigenvalue weighted by Gasteiger charge is 2.17. The second-order valence-corrected chi connectivity index (χ2v) is 6.84. The van der Waals surface area contributed by atoms with Crippen molar-refractivity contribution in [1.82, 2.24) is 0 Å². The number of anilines is 1. The summed E-state index contributed by atoms with van der Waals surface area (Å²) in [5, 5.41) is 0. The van der Waals surface area contributed by atoms with Crippen LogP contribution in [0.2, 0.25) is 0 Å². The molecule has 0 unspecified atom stereocenters. The third kappa shape index (κ3) is 4.92. The zero-order chi connectivity index (χ0) is 19.9. The van der Waals surface area contributed by atoms with E-state index in [9.17, 15) is 9.59 Å². The van der Waals surface area contributed by atoms with Crippen molar-refractivity contribution in [2.24, 2.45) is 0 Å². The van der Waals surface area contributed by atoms with Crippen molar-refractivity contribution < 1.29 is 14.2 Å². The van der Waals surface area contributed by atoms with Crippen LogP contribution < -0.4 is 9.47 Å². The molecule has 4 nitrogen and oxygen atoms in total. The van der Waals surface area contributed by atoms with Crippen molar-refractivity contribution >= 4 is 17.4 Å². The van der Waals surface area contributed by atoms with Gasteiger partial charge in [0.05, 0.1) is 12.2 Å². The zero-order valence-corrected chi connectivity index (χ0v) is 16.3. The lowest BCUT2D eigenvalue weighted by atomic mass is 10.1. The molecule has 0 aliphatic heterocycles. The topological polar surface area (TPSA) is 41.3 Å². The van der Waals surface area contributed by atoms with E-state index >= 15 is 0 Å². The Morgan fingerprint density at radius 1 is 0.893 bits per heavy atom. The standard InChI is InChI=1S/C24H25N2O2/c1-3-24(28)26(17-20-7-5-4-6-8-20)22-13-15-25(16-14-22)18-23(27)21-11-9-19(2)10-12-21/h4-16H,3,17-18H2,1-2H3/q+1. The van der Waals surface area contributed by atoms with E-state index in [-0.39, 0.29) is 18.2 Å².